The highest BCUT2D eigenvalue weighted by Crippen LogP contribution is 2.17. The van der Waals surface area contributed by atoms with Gasteiger partial charge in [-0.3, -0.25) is 19.4 Å². The third kappa shape index (κ3) is 6.79. The Morgan fingerprint density at radius 3 is 2.48 bits per heavy atom. The summed E-state index contributed by atoms with van der Waals surface area (Å²) in [6.07, 6.45) is 2.14. The molecule has 0 radical (unpaired) electrons. The van der Waals surface area contributed by atoms with Gasteiger partial charge < -0.3 is 19.3 Å². The molecule has 2 heterocycles. The first-order valence-corrected chi connectivity index (χ1v) is 10.4. The topological polar surface area (TPSA) is 89.0 Å². The second-order valence-electron chi connectivity index (χ2n) is 7.61. The van der Waals surface area contributed by atoms with Crippen LogP contribution in [0, 0.1) is 11.6 Å². The molecule has 0 N–H and O–H groups in total. The van der Waals surface area contributed by atoms with E-state index in [-0.39, 0.29) is 44.8 Å². The summed E-state index contributed by atoms with van der Waals surface area (Å²) in [7, 11) is 1.26. The molecule has 1 aliphatic rings. The summed E-state index contributed by atoms with van der Waals surface area (Å²) < 4.78 is 38.7. The normalized spacial score (nSPS) is 16.5. The molecule has 1 aromatic heterocycles. The Hall–Kier alpha value is -3.40. The van der Waals surface area contributed by atoms with Gasteiger partial charge in [0.1, 0.15) is 11.6 Å². The fraction of sp³-hybridized carbons (Fsp3) is 0.391. The van der Waals surface area contributed by atoms with Crippen molar-refractivity contribution in [3.05, 3.63) is 65.5 Å². The molecule has 10 heteroatoms. The molecule has 0 aliphatic carbocycles. The van der Waals surface area contributed by atoms with E-state index in [9.17, 15) is 23.2 Å². The van der Waals surface area contributed by atoms with E-state index in [4.69, 9.17) is 4.74 Å². The highest BCUT2D eigenvalue weighted by molar-refractivity contribution is 5.86. The van der Waals surface area contributed by atoms with Gasteiger partial charge in [-0.1, -0.05) is 6.07 Å². The van der Waals surface area contributed by atoms with Crippen molar-refractivity contribution in [2.24, 2.45) is 0 Å². The highest BCUT2D eigenvalue weighted by Gasteiger charge is 2.31. The Morgan fingerprint density at radius 1 is 1.12 bits per heavy atom. The maximum atomic E-state index is 14.0. The zero-order valence-electron chi connectivity index (χ0n) is 18.2. The van der Waals surface area contributed by atoms with Gasteiger partial charge in [-0.05, 0) is 29.8 Å². The summed E-state index contributed by atoms with van der Waals surface area (Å²) in [5.74, 6) is -3.11. The van der Waals surface area contributed by atoms with Crippen LogP contribution in [0.15, 0.2) is 42.7 Å². The molecule has 2 aromatic rings. The smallest absolute Gasteiger partial charge is 0.307 e. The Kier molecular flexibility index (Phi) is 8.42. The zero-order chi connectivity index (χ0) is 23.8. The van der Waals surface area contributed by atoms with Crippen LogP contribution < -0.4 is 0 Å². The Labute approximate surface area is 190 Å². The summed E-state index contributed by atoms with van der Waals surface area (Å²) in [6.45, 7) is 0.241. The van der Waals surface area contributed by atoms with Crippen LogP contribution in [0.4, 0.5) is 8.78 Å². The van der Waals surface area contributed by atoms with Gasteiger partial charge in [-0.2, -0.15) is 0 Å². The number of amides is 2. The molecular weight excluding hydrogens is 436 g/mol. The second kappa shape index (κ2) is 11.5. The van der Waals surface area contributed by atoms with Gasteiger partial charge in [0.2, 0.25) is 11.8 Å². The maximum absolute atomic E-state index is 14.0. The summed E-state index contributed by atoms with van der Waals surface area (Å²) in [5, 5.41) is 0. The number of pyridine rings is 1. The molecule has 1 aliphatic heterocycles. The van der Waals surface area contributed by atoms with E-state index in [1.54, 1.807) is 24.5 Å². The largest absolute Gasteiger partial charge is 0.469 e. The quantitative estimate of drug-likeness (QED) is 0.557. The van der Waals surface area contributed by atoms with Crippen molar-refractivity contribution in [2.45, 2.75) is 25.6 Å². The van der Waals surface area contributed by atoms with Crippen molar-refractivity contribution in [3.63, 3.8) is 0 Å². The molecule has 1 saturated heterocycles. The molecule has 2 amide bonds. The Balaban J connectivity index is 1.74. The molecule has 1 aromatic carbocycles. The second-order valence-corrected chi connectivity index (χ2v) is 7.61. The lowest BCUT2D eigenvalue weighted by atomic mass is 10.1. The minimum atomic E-state index is -0.824. The standard InChI is InChI=1S/C23H25F2N3O5/c1-32-23(31)7-10-27-12-17(33-15-16-5-8-26-9-6-16)13-28(14-22(27)30)21(29)11-18-19(24)3-2-4-20(18)25/h2-6,8-9,17H,7,10-15H2,1H3/t17-/m0/s1. The van der Waals surface area contributed by atoms with Crippen molar-refractivity contribution in [3.8, 4) is 0 Å². The predicted molar refractivity (Wildman–Crippen MR) is 113 cm³/mol. The number of hydrogen-bond donors (Lipinski definition) is 0. The number of carbonyl (C=O) groups is 3. The molecular formula is C23H25F2N3O5. The number of ether oxygens (including phenoxy) is 2. The van der Waals surface area contributed by atoms with Crippen LogP contribution in [-0.2, 0) is 36.9 Å². The summed E-state index contributed by atoms with van der Waals surface area (Å²) in [6, 6.07) is 6.93. The minimum Gasteiger partial charge on any atom is -0.469 e. The van der Waals surface area contributed by atoms with Gasteiger partial charge in [0.15, 0.2) is 0 Å². The molecule has 1 fully saturated rings. The predicted octanol–water partition coefficient (Wildman–Crippen LogP) is 1.72. The summed E-state index contributed by atoms with van der Waals surface area (Å²) >= 11 is 0. The van der Waals surface area contributed by atoms with Gasteiger partial charge in [-0.15, -0.1) is 0 Å². The van der Waals surface area contributed by atoms with Crippen LogP contribution in [0.1, 0.15) is 17.5 Å². The molecule has 176 valence electrons. The van der Waals surface area contributed by atoms with Crippen LogP contribution in [0.2, 0.25) is 0 Å². The lowest BCUT2D eigenvalue weighted by Crippen LogP contribution is -2.41. The molecule has 0 bridgehead atoms. The number of halogens is 2. The number of esters is 1. The van der Waals surface area contributed by atoms with E-state index in [1.807, 2.05) is 0 Å². The number of aromatic nitrogens is 1. The van der Waals surface area contributed by atoms with Crippen LogP contribution in [0.25, 0.3) is 0 Å². The monoisotopic (exact) mass is 461 g/mol. The third-order valence-corrected chi connectivity index (χ3v) is 5.32. The van der Waals surface area contributed by atoms with Gasteiger partial charge in [0.05, 0.1) is 39.2 Å². The fourth-order valence-electron chi connectivity index (χ4n) is 3.48. The molecule has 0 unspecified atom stereocenters. The highest BCUT2D eigenvalue weighted by atomic mass is 19.1. The molecule has 33 heavy (non-hydrogen) atoms. The van der Waals surface area contributed by atoms with Crippen molar-refractivity contribution in [1.29, 1.82) is 0 Å². The van der Waals surface area contributed by atoms with Gasteiger partial charge >= 0.3 is 5.97 Å². The van der Waals surface area contributed by atoms with E-state index in [0.717, 1.165) is 17.7 Å². The van der Waals surface area contributed by atoms with Crippen LogP contribution in [0.5, 0.6) is 0 Å². The van der Waals surface area contributed by atoms with E-state index in [0.29, 0.717) is 0 Å². The number of rotatable bonds is 8. The number of methoxy groups -OCH3 is 1. The van der Waals surface area contributed by atoms with Crippen LogP contribution >= 0.6 is 0 Å². The van der Waals surface area contributed by atoms with E-state index in [1.165, 1.54) is 23.0 Å². The van der Waals surface area contributed by atoms with Crippen molar-refractivity contribution < 1.29 is 32.6 Å². The first-order valence-electron chi connectivity index (χ1n) is 10.4. The molecule has 0 saturated carbocycles. The molecule has 8 nitrogen and oxygen atoms in total. The summed E-state index contributed by atoms with van der Waals surface area (Å²) in [5.41, 5.74) is 0.504. The average Bonchev–Trinajstić information content (AvgIpc) is 2.97. The maximum Gasteiger partial charge on any atom is 0.307 e. The Bertz CT molecular complexity index is 969. The first kappa shape index (κ1) is 24.2. The van der Waals surface area contributed by atoms with Crippen molar-refractivity contribution >= 4 is 17.8 Å². The zero-order valence-corrected chi connectivity index (χ0v) is 18.2. The third-order valence-electron chi connectivity index (χ3n) is 5.32. The van der Waals surface area contributed by atoms with Crippen molar-refractivity contribution in [1.82, 2.24) is 14.8 Å². The number of hydrogen-bond acceptors (Lipinski definition) is 6. The van der Waals surface area contributed by atoms with Crippen molar-refractivity contribution in [2.75, 3.05) is 33.3 Å². The lowest BCUT2D eigenvalue weighted by molar-refractivity contribution is -0.142. The number of benzene rings is 1. The molecule has 0 spiro atoms. The minimum absolute atomic E-state index is 0.00625. The average molecular weight is 461 g/mol. The molecule has 1 atom stereocenters. The van der Waals surface area contributed by atoms with Crippen LogP contribution in [0.3, 0.4) is 0 Å². The Morgan fingerprint density at radius 2 is 1.82 bits per heavy atom. The first-order chi connectivity index (χ1) is 15.9. The van der Waals surface area contributed by atoms with E-state index in [2.05, 4.69) is 9.72 Å². The van der Waals surface area contributed by atoms with E-state index < -0.39 is 41.9 Å². The lowest BCUT2D eigenvalue weighted by Gasteiger charge is -2.25. The fourth-order valence-corrected chi connectivity index (χ4v) is 3.48. The van der Waals surface area contributed by atoms with Gasteiger partial charge in [0.25, 0.3) is 0 Å². The SMILES string of the molecule is COC(=O)CCN1C[C@H](OCc2ccncc2)CN(C(=O)Cc2c(F)cccc2F)CC1=O. The number of nitrogens with zero attached hydrogens (tertiary/aromatic N) is 3. The van der Waals surface area contributed by atoms with Gasteiger partial charge in [-0.25, -0.2) is 8.78 Å². The van der Waals surface area contributed by atoms with E-state index >= 15 is 0 Å². The van der Waals surface area contributed by atoms with Crippen LogP contribution in [-0.4, -0.2) is 72.0 Å². The van der Waals surface area contributed by atoms with Gasteiger partial charge in [0, 0.05) is 37.6 Å². The molecule has 3 rings (SSSR count). The summed E-state index contributed by atoms with van der Waals surface area (Å²) in [4.78, 5) is 43.9. The number of carbonyl (C=O) groups excluding carboxylic acids is 3.